The molecule has 0 saturated carbocycles. The summed E-state index contributed by atoms with van der Waals surface area (Å²) in [5.74, 6) is -0.196. The van der Waals surface area contributed by atoms with Crippen molar-refractivity contribution in [3.8, 4) is 0 Å². The number of hydrogen-bond donors (Lipinski definition) is 1. The summed E-state index contributed by atoms with van der Waals surface area (Å²) in [5, 5.41) is 0. The first-order valence-corrected chi connectivity index (χ1v) is 5.08. The summed E-state index contributed by atoms with van der Waals surface area (Å²) in [4.78, 5) is 10.9. The molecule has 2 N–H and O–H groups in total. The highest BCUT2D eigenvalue weighted by Gasteiger charge is 2.07. The largest absolute Gasteiger partial charge is 0.469 e. The maximum absolute atomic E-state index is 10.9. The lowest BCUT2D eigenvalue weighted by molar-refractivity contribution is -0.140. The van der Waals surface area contributed by atoms with Gasteiger partial charge in [-0.05, 0) is 18.4 Å². The van der Waals surface area contributed by atoms with E-state index in [1.54, 1.807) is 0 Å². The molecule has 0 spiro atoms. The zero-order chi connectivity index (χ0) is 11.1. The Hall–Kier alpha value is -1.35. The highest BCUT2D eigenvalue weighted by Crippen LogP contribution is 2.05. The molecular formula is C12H17NO2. The first-order chi connectivity index (χ1) is 7.22. The molecule has 0 saturated heterocycles. The fraction of sp³-hybridized carbons (Fsp3) is 0.417. The Morgan fingerprint density at radius 2 is 2.07 bits per heavy atom. The maximum atomic E-state index is 10.9. The van der Waals surface area contributed by atoms with E-state index in [0.717, 1.165) is 6.42 Å². The van der Waals surface area contributed by atoms with E-state index in [-0.39, 0.29) is 12.0 Å². The lowest BCUT2D eigenvalue weighted by Crippen LogP contribution is -2.24. The minimum Gasteiger partial charge on any atom is -0.469 e. The maximum Gasteiger partial charge on any atom is 0.305 e. The number of methoxy groups -OCH3 is 1. The Bertz CT molecular complexity index is 298. The van der Waals surface area contributed by atoms with Gasteiger partial charge in [-0.2, -0.15) is 0 Å². The molecule has 0 bridgehead atoms. The van der Waals surface area contributed by atoms with Crippen molar-refractivity contribution in [1.29, 1.82) is 0 Å². The Morgan fingerprint density at radius 3 is 2.67 bits per heavy atom. The summed E-state index contributed by atoms with van der Waals surface area (Å²) < 4.78 is 4.56. The third-order valence-electron chi connectivity index (χ3n) is 2.29. The second-order valence-electron chi connectivity index (χ2n) is 3.56. The van der Waals surface area contributed by atoms with Gasteiger partial charge in [0, 0.05) is 12.5 Å². The van der Waals surface area contributed by atoms with Crippen molar-refractivity contribution in [2.45, 2.75) is 25.3 Å². The van der Waals surface area contributed by atoms with Crippen LogP contribution in [0.1, 0.15) is 18.4 Å². The first-order valence-electron chi connectivity index (χ1n) is 5.08. The van der Waals surface area contributed by atoms with Gasteiger partial charge in [0.15, 0.2) is 0 Å². The number of rotatable bonds is 5. The SMILES string of the molecule is COC(=O)CC[C@@H](N)Cc1ccccc1. The monoisotopic (exact) mass is 207 g/mol. The molecule has 1 atom stereocenters. The molecule has 3 heteroatoms. The highest BCUT2D eigenvalue weighted by atomic mass is 16.5. The molecule has 0 aromatic heterocycles. The molecule has 0 aliphatic heterocycles. The van der Waals surface area contributed by atoms with Crippen molar-refractivity contribution in [1.82, 2.24) is 0 Å². The lowest BCUT2D eigenvalue weighted by atomic mass is 10.0. The molecule has 15 heavy (non-hydrogen) atoms. The van der Waals surface area contributed by atoms with Gasteiger partial charge in [-0.1, -0.05) is 30.3 Å². The fourth-order valence-corrected chi connectivity index (χ4v) is 1.42. The molecule has 1 aromatic rings. The van der Waals surface area contributed by atoms with E-state index in [2.05, 4.69) is 4.74 Å². The van der Waals surface area contributed by atoms with Crippen LogP contribution < -0.4 is 5.73 Å². The van der Waals surface area contributed by atoms with E-state index in [0.29, 0.717) is 12.8 Å². The average Bonchev–Trinajstić information content (AvgIpc) is 2.27. The van der Waals surface area contributed by atoms with Crippen LogP contribution >= 0.6 is 0 Å². The summed E-state index contributed by atoms with van der Waals surface area (Å²) >= 11 is 0. The number of ether oxygens (including phenoxy) is 1. The minimum absolute atomic E-state index is 0.0199. The molecule has 0 heterocycles. The molecule has 0 amide bonds. The lowest BCUT2D eigenvalue weighted by Gasteiger charge is -2.10. The van der Waals surface area contributed by atoms with E-state index < -0.39 is 0 Å². The van der Waals surface area contributed by atoms with Gasteiger partial charge in [-0.15, -0.1) is 0 Å². The third kappa shape index (κ3) is 4.61. The summed E-state index contributed by atoms with van der Waals surface area (Å²) in [6.45, 7) is 0. The number of hydrogen-bond acceptors (Lipinski definition) is 3. The third-order valence-corrected chi connectivity index (χ3v) is 2.29. The van der Waals surface area contributed by atoms with Crippen molar-refractivity contribution in [2.24, 2.45) is 5.73 Å². The van der Waals surface area contributed by atoms with E-state index in [1.807, 2.05) is 30.3 Å². The Kier molecular flexibility index (Phi) is 4.84. The molecule has 0 aliphatic rings. The van der Waals surface area contributed by atoms with Crippen LogP contribution in [0, 0.1) is 0 Å². The summed E-state index contributed by atoms with van der Waals surface area (Å²) in [6, 6.07) is 10.1. The van der Waals surface area contributed by atoms with E-state index >= 15 is 0 Å². The van der Waals surface area contributed by atoms with Crippen LogP contribution in [0.3, 0.4) is 0 Å². The normalized spacial score (nSPS) is 12.1. The van der Waals surface area contributed by atoms with Gasteiger partial charge >= 0.3 is 5.97 Å². The van der Waals surface area contributed by atoms with Crippen LogP contribution in [0.15, 0.2) is 30.3 Å². The van der Waals surface area contributed by atoms with Crippen molar-refractivity contribution in [2.75, 3.05) is 7.11 Å². The molecular weight excluding hydrogens is 190 g/mol. The van der Waals surface area contributed by atoms with Crippen LogP contribution in [0.4, 0.5) is 0 Å². The standard InChI is InChI=1S/C12H17NO2/c1-15-12(14)8-7-11(13)9-10-5-3-2-4-6-10/h2-6,11H,7-9,13H2,1H3/t11-/m1/s1. The number of esters is 1. The Labute approximate surface area is 90.2 Å². The van der Waals surface area contributed by atoms with Crippen LogP contribution in [0.2, 0.25) is 0 Å². The smallest absolute Gasteiger partial charge is 0.305 e. The number of carbonyl (C=O) groups excluding carboxylic acids is 1. The van der Waals surface area contributed by atoms with E-state index in [1.165, 1.54) is 12.7 Å². The van der Waals surface area contributed by atoms with Crippen molar-refractivity contribution in [3.05, 3.63) is 35.9 Å². The predicted molar refractivity (Wildman–Crippen MR) is 59.4 cm³/mol. The van der Waals surface area contributed by atoms with Gasteiger partial charge in [0.1, 0.15) is 0 Å². The zero-order valence-corrected chi connectivity index (χ0v) is 8.98. The van der Waals surface area contributed by atoms with Gasteiger partial charge < -0.3 is 10.5 Å². The zero-order valence-electron chi connectivity index (χ0n) is 8.98. The van der Waals surface area contributed by atoms with Gasteiger partial charge in [-0.25, -0.2) is 0 Å². The predicted octanol–water partition coefficient (Wildman–Crippen LogP) is 1.51. The molecule has 1 rings (SSSR count). The van der Waals surface area contributed by atoms with Crippen LogP contribution in [-0.2, 0) is 16.0 Å². The molecule has 0 unspecified atom stereocenters. The van der Waals surface area contributed by atoms with Crippen molar-refractivity contribution in [3.63, 3.8) is 0 Å². The van der Waals surface area contributed by atoms with Gasteiger partial charge in [0.25, 0.3) is 0 Å². The number of benzene rings is 1. The molecule has 0 aliphatic carbocycles. The molecule has 82 valence electrons. The molecule has 3 nitrogen and oxygen atoms in total. The van der Waals surface area contributed by atoms with Gasteiger partial charge in [-0.3, -0.25) is 4.79 Å². The van der Waals surface area contributed by atoms with Crippen LogP contribution in [-0.4, -0.2) is 19.1 Å². The van der Waals surface area contributed by atoms with E-state index in [9.17, 15) is 4.79 Å². The second-order valence-corrected chi connectivity index (χ2v) is 3.56. The van der Waals surface area contributed by atoms with Crippen molar-refractivity contribution < 1.29 is 9.53 Å². The van der Waals surface area contributed by atoms with Crippen molar-refractivity contribution >= 4 is 5.97 Å². The molecule has 0 fully saturated rings. The van der Waals surface area contributed by atoms with E-state index in [4.69, 9.17) is 5.73 Å². The van der Waals surface area contributed by atoms with Crippen LogP contribution in [0.5, 0.6) is 0 Å². The summed E-state index contributed by atoms with van der Waals surface area (Å²) in [5.41, 5.74) is 7.10. The molecule has 1 aromatic carbocycles. The minimum atomic E-state index is -0.196. The number of nitrogens with two attached hydrogens (primary N) is 1. The van der Waals surface area contributed by atoms with Crippen LogP contribution in [0.25, 0.3) is 0 Å². The summed E-state index contributed by atoms with van der Waals surface area (Å²) in [7, 11) is 1.39. The Morgan fingerprint density at radius 1 is 1.40 bits per heavy atom. The number of carbonyl (C=O) groups is 1. The van der Waals surface area contributed by atoms with Gasteiger partial charge in [0.05, 0.1) is 7.11 Å². The second kappa shape index (κ2) is 6.19. The highest BCUT2D eigenvalue weighted by molar-refractivity contribution is 5.69. The molecule has 0 radical (unpaired) electrons. The fourth-order valence-electron chi connectivity index (χ4n) is 1.42. The van der Waals surface area contributed by atoms with Gasteiger partial charge in [0.2, 0.25) is 0 Å². The Balaban J connectivity index is 2.30. The average molecular weight is 207 g/mol. The topological polar surface area (TPSA) is 52.3 Å². The quantitative estimate of drug-likeness (QED) is 0.744. The first kappa shape index (κ1) is 11.7. The summed E-state index contributed by atoms with van der Waals surface area (Å²) in [6.07, 6.45) is 1.86.